The molecule has 0 heterocycles. The normalized spacial score (nSPS) is 15.7. The highest BCUT2D eigenvalue weighted by Gasteiger charge is 2.25. The molecule has 112 valence electrons. The number of halogens is 2. The summed E-state index contributed by atoms with van der Waals surface area (Å²) in [5, 5.41) is 22.0. The first-order chi connectivity index (χ1) is 9.40. The number of aliphatic carboxylic acids is 1. The van der Waals surface area contributed by atoms with E-state index in [4.69, 9.17) is 5.11 Å². The predicted octanol–water partition coefficient (Wildman–Crippen LogP) is 2.23. The van der Waals surface area contributed by atoms with Gasteiger partial charge in [-0.05, 0) is 30.5 Å². The molecular formula is C14H19F2NO3. The van der Waals surface area contributed by atoms with E-state index in [0.29, 0.717) is 12.8 Å². The topological polar surface area (TPSA) is 69.6 Å². The lowest BCUT2D eigenvalue weighted by molar-refractivity contribution is -0.140. The number of aliphatic hydroxyl groups excluding tert-OH is 1. The van der Waals surface area contributed by atoms with Crippen LogP contribution in [-0.4, -0.2) is 28.3 Å². The van der Waals surface area contributed by atoms with Crippen molar-refractivity contribution in [1.82, 2.24) is 5.32 Å². The molecule has 3 unspecified atom stereocenters. The first-order valence-electron chi connectivity index (χ1n) is 6.52. The number of carboxylic acids is 1. The maximum Gasteiger partial charge on any atom is 0.320 e. The van der Waals surface area contributed by atoms with Gasteiger partial charge in [-0.1, -0.05) is 19.9 Å². The second-order valence-corrected chi connectivity index (χ2v) is 4.60. The Morgan fingerprint density at radius 1 is 1.25 bits per heavy atom. The molecule has 0 saturated carbocycles. The molecule has 0 fully saturated rings. The average molecular weight is 287 g/mol. The van der Waals surface area contributed by atoms with E-state index in [0.717, 1.165) is 12.1 Å². The summed E-state index contributed by atoms with van der Waals surface area (Å²) < 4.78 is 26.0. The van der Waals surface area contributed by atoms with Crippen molar-refractivity contribution in [3.8, 4) is 0 Å². The van der Waals surface area contributed by atoms with E-state index in [1.165, 1.54) is 6.07 Å². The van der Waals surface area contributed by atoms with Crippen LogP contribution in [0, 0.1) is 11.6 Å². The zero-order chi connectivity index (χ0) is 15.3. The summed E-state index contributed by atoms with van der Waals surface area (Å²) in [6.07, 6.45) is -0.302. The minimum absolute atomic E-state index is 0.212. The quantitative estimate of drug-likeness (QED) is 0.719. The van der Waals surface area contributed by atoms with Crippen LogP contribution < -0.4 is 5.32 Å². The van der Waals surface area contributed by atoms with Gasteiger partial charge in [-0.3, -0.25) is 10.1 Å². The standard InChI is InChI=1S/C14H19F2NO3/c1-3-11(17-12(4-2)14(19)20)13(18)8-5-6-9(15)10(16)7-8/h5-7,11-13,17-18H,3-4H2,1-2H3,(H,19,20). The first kappa shape index (κ1) is 16.5. The van der Waals surface area contributed by atoms with E-state index in [-0.39, 0.29) is 5.56 Å². The van der Waals surface area contributed by atoms with Gasteiger partial charge < -0.3 is 10.2 Å². The zero-order valence-corrected chi connectivity index (χ0v) is 11.4. The minimum atomic E-state index is -1.11. The van der Waals surface area contributed by atoms with Crippen LogP contribution in [-0.2, 0) is 4.79 Å². The van der Waals surface area contributed by atoms with Gasteiger partial charge in [-0.25, -0.2) is 8.78 Å². The lowest BCUT2D eigenvalue weighted by atomic mass is 9.99. The summed E-state index contributed by atoms with van der Waals surface area (Å²) in [6.45, 7) is 3.48. The molecule has 0 aliphatic rings. The highest BCUT2D eigenvalue weighted by molar-refractivity contribution is 5.73. The van der Waals surface area contributed by atoms with E-state index in [9.17, 15) is 18.7 Å². The third-order valence-corrected chi connectivity index (χ3v) is 3.23. The number of rotatable bonds is 7. The summed E-state index contributed by atoms with van der Waals surface area (Å²) in [6, 6.07) is 1.80. The molecule has 0 aromatic heterocycles. The molecule has 0 radical (unpaired) electrons. The van der Waals surface area contributed by atoms with Gasteiger partial charge in [0.1, 0.15) is 6.04 Å². The Morgan fingerprint density at radius 3 is 2.35 bits per heavy atom. The van der Waals surface area contributed by atoms with E-state index >= 15 is 0 Å². The molecule has 6 heteroatoms. The second-order valence-electron chi connectivity index (χ2n) is 4.60. The molecule has 1 aromatic carbocycles. The summed E-state index contributed by atoms with van der Waals surface area (Å²) >= 11 is 0. The van der Waals surface area contributed by atoms with Crippen LogP contribution in [0.4, 0.5) is 8.78 Å². The monoisotopic (exact) mass is 287 g/mol. The first-order valence-corrected chi connectivity index (χ1v) is 6.52. The van der Waals surface area contributed by atoms with Gasteiger partial charge in [0.05, 0.1) is 6.10 Å². The fourth-order valence-corrected chi connectivity index (χ4v) is 1.98. The van der Waals surface area contributed by atoms with Crippen LogP contribution in [0.15, 0.2) is 18.2 Å². The van der Waals surface area contributed by atoms with E-state index in [1.54, 1.807) is 13.8 Å². The number of carboxylic acid groups (broad SMARTS) is 1. The van der Waals surface area contributed by atoms with Crippen LogP contribution >= 0.6 is 0 Å². The van der Waals surface area contributed by atoms with E-state index in [1.807, 2.05) is 0 Å². The van der Waals surface area contributed by atoms with Gasteiger partial charge in [0.25, 0.3) is 0 Å². The number of carbonyl (C=O) groups is 1. The molecule has 0 saturated heterocycles. The zero-order valence-electron chi connectivity index (χ0n) is 11.4. The Kier molecular flexibility index (Phi) is 6.04. The summed E-state index contributed by atoms with van der Waals surface area (Å²) in [4.78, 5) is 11.0. The molecule has 4 nitrogen and oxygen atoms in total. The minimum Gasteiger partial charge on any atom is -0.480 e. The second kappa shape index (κ2) is 7.31. The molecule has 1 rings (SSSR count). The molecule has 3 atom stereocenters. The largest absolute Gasteiger partial charge is 0.480 e. The van der Waals surface area contributed by atoms with Crippen molar-refractivity contribution in [2.75, 3.05) is 0 Å². The summed E-state index contributed by atoms with van der Waals surface area (Å²) in [5.74, 6) is -3.04. The summed E-state index contributed by atoms with van der Waals surface area (Å²) in [5.41, 5.74) is 0.212. The third kappa shape index (κ3) is 3.98. The van der Waals surface area contributed by atoms with Crippen molar-refractivity contribution in [3.05, 3.63) is 35.4 Å². The van der Waals surface area contributed by atoms with E-state index in [2.05, 4.69) is 5.32 Å². The summed E-state index contributed by atoms with van der Waals surface area (Å²) in [7, 11) is 0. The van der Waals surface area contributed by atoms with Gasteiger partial charge in [-0.2, -0.15) is 0 Å². The Morgan fingerprint density at radius 2 is 1.90 bits per heavy atom. The highest BCUT2D eigenvalue weighted by atomic mass is 19.2. The van der Waals surface area contributed by atoms with Crippen LogP contribution in [0.25, 0.3) is 0 Å². The molecule has 3 N–H and O–H groups in total. The number of hydrogen-bond acceptors (Lipinski definition) is 3. The lowest BCUT2D eigenvalue weighted by Gasteiger charge is -2.26. The Labute approximate surface area is 116 Å². The van der Waals surface area contributed by atoms with Gasteiger partial charge in [0, 0.05) is 6.04 Å². The molecule has 0 aliphatic heterocycles. The fourth-order valence-electron chi connectivity index (χ4n) is 1.98. The van der Waals surface area contributed by atoms with Crippen molar-refractivity contribution in [3.63, 3.8) is 0 Å². The van der Waals surface area contributed by atoms with E-state index < -0.39 is 35.8 Å². The molecule has 0 amide bonds. The van der Waals surface area contributed by atoms with Crippen LogP contribution in [0.5, 0.6) is 0 Å². The van der Waals surface area contributed by atoms with Crippen molar-refractivity contribution in [2.24, 2.45) is 0 Å². The van der Waals surface area contributed by atoms with Crippen LogP contribution in [0.3, 0.4) is 0 Å². The van der Waals surface area contributed by atoms with Gasteiger partial charge in [0.2, 0.25) is 0 Å². The Bertz CT molecular complexity index is 468. The van der Waals surface area contributed by atoms with Gasteiger partial charge in [0.15, 0.2) is 11.6 Å². The van der Waals surface area contributed by atoms with Crippen molar-refractivity contribution in [1.29, 1.82) is 0 Å². The molecule has 0 aliphatic carbocycles. The molecular weight excluding hydrogens is 268 g/mol. The van der Waals surface area contributed by atoms with Crippen molar-refractivity contribution < 1.29 is 23.8 Å². The lowest BCUT2D eigenvalue weighted by Crippen LogP contribution is -2.45. The maximum atomic E-state index is 13.2. The third-order valence-electron chi connectivity index (χ3n) is 3.23. The smallest absolute Gasteiger partial charge is 0.320 e. The molecule has 0 spiro atoms. The number of aliphatic hydroxyl groups is 1. The number of nitrogens with one attached hydrogen (secondary N) is 1. The van der Waals surface area contributed by atoms with Crippen LogP contribution in [0.2, 0.25) is 0 Å². The Hall–Kier alpha value is -1.53. The van der Waals surface area contributed by atoms with Crippen LogP contribution in [0.1, 0.15) is 38.4 Å². The number of benzene rings is 1. The molecule has 20 heavy (non-hydrogen) atoms. The molecule has 1 aromatic rings. The van der Waals surface area contributed by atoms with Gasteiger partial charge in [-0.15, -0.1) is 0 Å². The Balaban J connectivity index is 2.87. The highest BCUT2D eigenvalue weighted by Crippen LogP contribution is 2.21. The maximum absolute atomic E-state index is 13.2. The average Bonchev–Trinajstić information content (AvgIpc) is 2.42. The van der Waals surface area contributed by atoms with Crippen molar-refractivity contribution >= 4 is 5.97 Å². The predicted molar refractivity (Wildman–Crippen MR) is 70.2 cm³/mol. The van der Waals surface area contributed by atoms with Crippen molar-refractivity contribution in [2.45, 2.75) is 44.9 Å². The van der Waals surface area contributed by atoms with Gasteiger partial charge >= 0.3 is 5.97 Å². The molecule has 0 bridgehead atoms. The number of hydrogen-bond donors (Lipinski definition) is 3. The fraction of sp³-hybridized carbons (Fsp3) is 0.500. The SMILES string of the molecule is CCC(NC(CC)C(O)c1ccc(F)c(F)c1)C(=O)O.